The summed E-state index contributed by atoms with van der Waals surface area (Å²) in [6, 6.07) is 7.57. The average Bonchev–Trinajstić information content (AvgIpc) is 3.07. The van der Waals surface area contributed by atoms with Crippen molar-refractivity contribution in [3.8, 4) is 5.75 Å². The Morgan fingerprint density at radius 2 is 2.08 bits per heavy atom. The largest absolute Gasteiger partial charge is 0.493 e. The Morgan fingerprint density at radius 3 is 2.76 bits per heavy atom. The van der Waals surface area contributed by atoms with Crippen LogP contribution in [0.2, 0.25) is 0 Å². The highest BCUT2D eigenvalue weighted by atomic mass is 35.5. The van der Waals surface area contributed by atoms with Crippen LogP contribution in [0.25, 0.3) is 0 Å². The Kier molecular flexibility index (Phi) is 9.05. The molecule has 0 radical (unpaired) electrons. The van der Waals surface area contributed by atoms with Crippen molar-refractivity contribution in [2.75, 3.05) is 20.3 Å². The Balaban J connectivity index is 0.00000312. The highest BCUT2D eigenvalue weighted by Crippen LogP contribution is 2.21. The molecule has 1 aromatic carbocycles. The molecule has 0 aliphatic heterocycles. The zero-order chi connectivity index (χ0) is 17.4. The fourth-order valence-electron chi connectivity index (χ4n) is 2.21. The number of aryl methyl sites for hydroxylation is 1. The van der Waals surface area contributed by atoms with Gasteiger partial charge in [0.25, 0.3) is 5.91 Å². The van der Waals surface area contributed by atoms with Crippen LogP contribution in [-0.4, -0.2) is 26.2 Å². The first kappa shape index (κ1) is 21.0. The highest BCUT2D eigenvalue weighted by Gasteiger charge is 2.11. The minimum atomic E-state index is -0.204. The first-order valence-corrected chi connectivity index (χ1v) is 7.91. The van der Waals surface area contributed by atoms with E-state index in [0.717, 1.165) is 23.3 Å². The number of benzene rings is 1. The maximum atomic E-state index is 12.2. The summed E-state index contributed by atoms with van der Waals surface area (Å²) in [5.74, 6) is 1.16. The van der Waals surface area contributed by atoms with E-state index in [1.54, 1.807) is 13.2 Å². The molecule has 0 saturated carbocycles. The molecule has 1 aromatic heterocycles. The van der Waals surface area contributed by atoms with E-state index >= 15 is 0 Å². The van der Waals surface area contributed by atoms with Gasteiger partial charge in [-0.1, -0.05) is 12.1 Å². The molecular formula is C18H25ClN2O4. The molecule has 25 heavy (non-hydrogen) atoms. The van der Waals surface area contributed by atoms with Crippen LogP contribution >= 0.6 is 12.4 Å². The highest BCUT2D eigenvalue weighted by molar-refractivity contribution is 5.93. The standard InChI is InChI=1S/C18H24N2O4.ClH/c1-13-4-5-14(17(8-13)23-7-3-6-22-2)11-20-18(21)15-9-16(10-19)24-12-15;/h4-5,8-9,12H,3,6-7,10-11,19H2,1-2H3,(H,20,21);1H. The number of carbonyl (C=O) groups is 1. The van der Waals surface area contributed by atoms with E-state index in [2.05, 4.69) is 5.32 Å². The molecule has 0 unspecified atom stereocenters. The predicted octanol–water partition coefficient (Wildman–Crippen LogP) is 2.81. The van der Waals surface area contributed by atoms with Crippen LogP contribution in [0, 0.1) is 6.92 Å². The number of halogens is 1. The number of rotatable bonds is 9. The Labute approximate surface area is 154 Å². The van der Waals surface area contributed by atoms with Gasteiger partial charge in [0.05, 0.1) is 18.7 Å². The van der Waals surface area contributed by atoms with Crippen molar-refractivity contribution in [2.24, 2.45) is 5.73 Å². The molecule has 2 aromatic rings. The molecule has 2 rings (SSSR count). The molecule has 0 aliphatic rings. The molecule has 7 heteroatoms. The first-order valence-electron chi connectivity index (χ1n) is 7.91. The van der Waals surface area contributed by atoms with Gasteiger partial charge in [-0.15, -0.1) is 12.4 Å². The molecule has 0 atom stereocenters. The molecule has 0 bridgehead atoms. The quantitative estimate of drug-likeness (QED) is 0.664. The first-order chi connectivity index (χ1) is 11.6. The predicted molar refractivity (Wildman–Crippen MR) is 98.2 cm³/mol. The van der Waals surface area contributed by atoms with Crippen molar-refractivity contribution >= 4 is 18.3 Å². The molecular weight excluding hydrogens is 344 g/mol. The number of carbonyl (C=O) groups excluding carboxylic acids is 1. The second kappa shape index (κ2) is 10.8. The normalized spacial score (nSPS) is 10.2. The fraction of sp³-hybridized carbons (Fsp3) is 0.389. The molecule has 0 aliphatic carbocycles. The lowest BCUT2D eigenvalue weighted by Crippen LogP contribution is -2.22. The molecule has 0 saturated heterocycles. The number of methoxy groups -OCH3 is 1. The van der Waals surface area contributed by atoms with Gasteiger partial charge in [-0.05, 0) is 24.6 Å². The number of ether oxygens (including phenoxy) is 2. The van der Waals surface area contributed by atoms with E-state index in [1.165, 1.54) is 6.26 Å². The summed E-state index contributed by atoms with van der Waals surface area (Å²) in [6.45, 7) is 3.87. The van der Waals surface area contributed by atoms with Gasteiger partial charge in [0, 0.05) is 32.2 Å². The number of hydrogen-bond acceptors (Lipinski definition) is 5. The topological polar surface area (TPSA) is 86.7 Å². The molecule has 138 valence electrons. The van der Waals surface area contributed by atoms with Crippen LogP contribution in [-0.2, 0) is 17.8 Å². The van der Waals surface area contributed by atoms with Gasteiger partial charge >= 0.3 is 0 Å². The van der Waals surface area contributed by atoms with Crippen LogP contribution in [0.4, 0.5) is 0 Å². The Morgan fingerprint density at radius 1 is 1.28 bits per heavy atom. The van der Waals surface area contributed by atoms with Crippen LogP contribution in [0.5, 0.6) is 5.75 Å². The lowest BCUT2D eigenvalue weighted by atomic mass is 10.1. The lowest BCUT2D eigenvalue weighted by molar-refractivity contribution is 0.0950. The van der Waals surface area contributed by atoms with Gasteiger partial charge in [-0.25, -0.2) is 0 Å². The van der Waals surface area contributed by atoms with Crippen LogP contribution in [0.3, 0.4) is 0 Å². The SMILES string of the molecule is COCCCOc1cc(C)ccc1CNC(=O)c1coc(CN)c1.Cl. The minimum Gasteiger partial charge on any atom is -0.493 e. The van der Waals surface area contributed by atoms with E-state index in [0.29, 0.717) is 31.1 Å². The average molecular weight is 369 g/mol. The molecule has 6 nitrogen and oxygen atoms in total. The number of amides is 1. The van der Waals surface area contributed by atoms with Gasteiger partial charge in [-0.3, -0.25) is 4.79 Å². The monoisotopic (exact) mass is 368 g/mol. The van der Waals surface area contributed by atoms with E-state index < -0.39 is 0 Å². The van der Waals surface area contributed by atoms with Crippen LogP contribution in [0.1, 0.15) is 33.7 Å². The van der Waals surface area contributed by atoms with Gasteiger partial charge in [0.15, 0.2) is 0 Å². The molecule has 0 spiro atoms. The Hall–Kier alpha value is -2.02. The number of nitrogens with two attached hydrogens (primary N) is 1. The minimum absolute atomic E-state index is 0. The molecule has 1 heterocycles. The zero-order valence-electron chi connectivity index (χ0n) is 14.5. The van der Waals surface area contributed by atoms with Crippen molar-refractivity contribution < 1.29 is 18.7 Å². The molecule has 3 N–H and O–H groups in total. The third kappa shape index (κ3) is 6.42. The van der Waals surface area contributed by atoms with Crippen LogP contribution in [0.15, 0.2) is 34.9 Å². The fourth-order valence-corrected chi connectivity index (χ4v) is 2.21. The summed E-state index contributed by atoms with van der Waals surface area (Å²) < 4.78 is 16.0. The summed E-state index contributed by atoms with van der Waals surface area (Å²) in [5, 5.41) is 2.87. The number of nitrogens with one attached hydrogen (secondary N) is 1. The lowest BCUT2D eigenvalue weighted by Gasteiger charge is -2.13. The van der Waals surface area contributed by atoms with E-state index in [9.17, 15) is 4.79 Å². The van der Waals surface area contributed by atoms with E-state index in [-0.39, 0.29) is 24.9 Å². The van der Waals surface area contributed by atoms with E-state index in [4.69, 9.17) is 19.6 Å². The third-order valence-electron chi connectivity index (χ3n) is 3.53. The summed E-state index contributed by atoms with van der Waals surface area (Å²) >= 11 is 0. The zero-order valence-corrected chi connectivity index (χ0v) is 15.4. The maximum absolute atomic E-state index is 12.2. The summed E-state index contributed by atoms with van der Waals surface area (Å²) in [4.78, 5) is 12.2. The van der Waals surface area contributed by atoms with Crippen molar-refractivity contribution in [1.82, 2.24) is 5.32 Å². The molecule has 1 amide bonds. The van der Waals surface area contributed by atoms with Gasteiger partial charge in [-0.2, -0.15) is 0 Å². The van der Waals surface area contributed by atoms with Crippen molar-refractivity contribution in [3.63, 3.8) is 0 Å². The second-order valence-corrected chi connectivity index (χ2v) is 5.49. The maximum Gasteiger partial charge on any atom is 0.254 e. The van der Waals surface area contributed by atoms with Crippen molar-refractivity contribution in [1.29, 1.82) is 0 Å². The van der Waals surface area contributed by atoms with Gasteiger partial charge < -0.3 is 24.9 Å². The molecule has 0 fully saturated rings. The summed E-state index contributed by atoms with van der Waals surface area (Å²) in [6.07, 6.45) is 2.22. The summed E-state index contributed by atoms with van der Waals surface area (Å²) in [7, 11) is 1.67. The smallest absolute Gasteiger partial charge is 0.254 e. The van der Waals surface area contributed by atoms with Gasteiger partial charge in [0.2, 0.25) is 0 Å². The number of furan rings is 1. The third-order valence-corrected chi connectivity index (χ3v) is 3.53. The second-order valence-electron chi connectivity index (χ2n) is 5.49. The van der Waals surface area contributed by atoms with Crippen molar-refractivity contribution in [3.05, 3.63) is 53.0 Å². The number of hydrogen-bond donors (Lipinski definition) is 2. The Bertz CT molecular complexity index is 673. The summed E-state index contributed by atoms with van der Waals surface area (Å²) in [5.41, 5.74) is 7.97. The van der Waals surface area contributed by atoms with Crippen LogP contribution < -0.4 is 15.8 Å². The van der Waals surface area contributed by atoms with E-state index in [1.807, 2.05) is 25.1 Å². The van der Waals surface area contributed by atoms with Crippen molar-refractivity contribution in [2.45, 2.75) is 26.4 Å². The van der Waals surface area contributed by atoms with Gasteiger partial charge in [0.1, 0.15) is 17.8 Å².